The molecule has 9 nitrogen and oxygen atoms in total. The van der Waals surface area contributed by atoms with Crippen LogP contribution in [0.25, 0.3) is 11.4 Å². The first-order valence-corrected chi connectivity index (χ1v) is 8.95. The number of nitrogens with one attached hydrogen (secondary N) is 1. The van der Waals surface area contributed by atoms with Crippen molar-refractivity contribution in [2.24, 2.45) is 0 Å². The number of aromatic nitrogens is 3. The number of amides is 1. The van der Waals surface area contributed by atoms with Gasteiger partial charge in [0.25, 0.3) is 0 Å². The summed E-state index contributed by atoms with van der Waals surface area (Å²) >= 11 is 1.19. The van der Waals surface area contributed by atoms with Gasteiger partial charge in [0.15, 0.2) is 5.82 Å². The van der Waals surface area contributed by atoms with Gasteiger partial charge < -0.3 is 25.1 Å². The van der Waals surface area contributed by atoms with Crippen molar-refractivity contribution in [3.63, 3.8) is 0 Å². The standard InChI is InChI=1S/C17H19N5O4S/c1-24-13-6-11(7-14(8-13)25-2)16-20-21-17(22(16)18)27-10-15(23)19-9-12-4-3-5-26-12/h3-8H,9-10,18H2,1-2H3,(H,19,23). The van der Waals surface area contributed by atoms with Gasteiger partial charge in [-0.3, -0.25) is 4.79 Å². The first-order valence-electron chi connectivity index (χ1n) is 7.96. The van der Waals surface area contributed by atoms with Crippen molar-refractivity contribution < 1.29 is 18.7 Å². The van der Waals surface area contributed by atoms with E-state index in [1.165, 1.54) is 16.4 Å². The Morgan fingerprint density at radius 3 is 2.63 bits per heavy atom. The first kappa shape index (κ1) is 18.6. The maximum atomic E-state index is 12.0. The van der Waals surface area contributed by atoms with Crippen LogP contribution in [0.15, 0.2) is 46.2 Å². The number of methoxy groups -OCH3 is 2. The lowest BCUT2D eigenvalue weighted by Gasteiger charge is -2.08. The third kappa shape index (κ3) is 4.53. The molecule has 27 heavy (non-hydrogen) atoms. The Morgan fingerprint density at radius 2 is 2.00 bits per heavy atom. The predicted octanol–water partition coefficient (Wildman–Crippen LogP) is 1.68. The Balaban J connectivity index is 1.65. The van der Waals surface area contributed by atoms with Crippen molar-refractivity contribution in [1.29, 1.82) is 0 Å². The number of benzene rings is 1. The van der Waals surface area contributed by atoms with Crippen LogP contribution in [0.3, 0.4) is 0 Å². The lowest BCUT2D eigenvalue weighted by Crippen LogP contribution is -2.24. The molecule has 142 valence electrons. The van der Waals surface area contributed by atoms with Crippen LogP contribution < -0.4 is 20.6 Å². The number of rotatable bonds is 8. The molecule has 2 aromatic heterocycles. The summed E-state index contributed by atoms with van der Waals surface area (Å²) in [4.78, 5) is 12.0. The molecular formula is C17H19N5O4S. The molecule has 3 N–H and O–H groups in total. The van der Waals surface area contributed by atoms with Crippen LogP contribution in [-0.4, -0.2) is 40.8 Å². The molecule has 10 heteroatoms. The fraction of sp³-hybridized carbons (Fsp3) is 0.235. The number of furan rings is 1. The van der Waals surface area contributed by atoms with Crippen molar-refractivity contribution in [1.82, 2.24) is 20.2 Å². The van der Waals surface area contributed by atoms with Gasteiger partial charge in [0.05, 0.1) is 32.8 Å². The van der Waals surface area contributed by atoms with E-state index in [1.54, 1.807) is 50.8 Å². The Labute approximate surface area is 159 Å². The maximum Gasteiger partial charge on any atom is 0.230 e. The molecule has 0 radical (unpaired) electrons. The summed E-state index contributed by atoms with van der Waals surface area (Å²) in [6, 6.07) is 8.86. The van der Waals surface area contributed by atoms with E-state index >= 15 is 0 Å². The highest BCUT2D eigenvalue weighted by Crippen LogP contribution is 2.29. The van der Waals surface area contributed by atoms with Crippen molar-refractivity contribution in [2.45, 2.75) is 11.7 Å². The second kappa shape index (κ2) is 8.49. The highest BCUT2D eigenvalue weighted by atomic mass is 32.2. The van der Waals surface area contributed by atoms with Gasteiger partial charge in [-0.1, -0.05) is 11.8 Å². The molecule has 0 saturated heterocycles. The molecule has 0 fully saturated rings. The van der Waals surface area contributed by atoms with Gasteiger partial charge in [-0.15, -0.1) is 10.2 Å². The van der Waals surface area contributed by atoms with Gasteiger partial charge in [0.1, 0.15) is 17.3 Å². The summed E-state index contributed by atoms with van der Waals surface area (Å²) in [5.41, 5.74) is 0.690. The molecule has 2 heterocycles. The number of thioether (sulfide) groups is 1. The van der Waals surface area contributed by atoms with E-state index in [1.807, 2.05) is 0 Å². The molecule has 0 atom stereocenters. The summed E-state index contributed by atoms with van der Waals surface area (Å²) in [6.07, 6.45) is 1.56. The Hall–Kier alpha value is -3.14. The zero-order valence-corrected chi connectivity index (χ0v) is 15.7. The zero-order chi connectivity index (χ0) is 19.2. The van der Waals surface area contributed by atoms with E-state index < -0.39 is 0 Å². The largest absolute Gasteiger partial charge is 0.497 e. The van der Waals surface area contributed by atoms with E-state index in [9.17, 15) is 4.79 Å². The minimum Gasteiger partial charge on any atom is -0.497 e. The van der Waals surface area contributed by atoms with Gasteiger partial charge in [0, 0.05) is 11.6 Å². The second-order valence-electron chi connectivity index (χ2n) is 5.42. The van der Waals surface area contributed by atoms with Crippen LogP contribution >= 0.6 is 11.8 Å². The molecule has 3 aromatic rings. The van der Waals surface area contributed by atoms with Crippen molar-refractivity contribution in [3.05, 3.63) is 42.4 Å². The normalized spacial score (nSPS) is 10.6. The maximum absolute atomic E-state index is 12.0. The topological polar surface area (TPSA) is 117 Å². The van der Waals surface area contributed by atoms with Gasteiger partial charge in [-0.05, 0) is 24.3 Å². The van der Waals surface area contributed by atoms with Crippen LogP contribution in [-0.2, 0) is 11.3 Å². The van der Waals surface area contributed by atoms with Crippen LogP contribution in [0.2, 0.25) is 0 Å². The summed E-state index contributed by atoms with van der Waals surface area (Å²) in [6.45, 7) is 0.330. The molecule has 0 aliphatic heterocycles. The molecule has 1 amide bonds. The van der Waals surface area contributed by atoms with Crippen LogP contribution in [0, 0.1) is 0 Å². The quantitative estimate of drug-likeness (QED) is 0.441. The van der Waals surface area contributed by atoms with Crippen molar-refractivity contribution in [2.75, 3.05) is 25.8 Å². The number of hydrogen-bond donors (Lipinski definition) is 2. The predicted molar refractivity (Wildman–Crippen MR) is 100.0 cm³/mol. The van der Waals surface area contributed by atoms with Gasteiger partial charge >= 0.3 is 0 Å². The Bertz CT molecular complexity index is 888. The number of carbonyl (C=O) groups is 1. The van der Waals surface area contributed by atoms with E-state index in [0.717, 1.165) is 0 Å². The molecular weight excluding hydrogens is 370 g/mol. The molecule has 0 aliphatic carbocycles. The van der Waals surface area contributed by atoms with Crippen molar-refractivity contribution >= 4 is 17.7 Å². The molecule has 0 bridgehead atoms. The lowest BCUT2D eigenvalue weighted by molar-refractivity contribution is -0.118. The highest BCUT2D eigenvalue weighted by molar-refractivity contribution is 7.99. The minimum atomic E-state index is -0.163. The first-order chi connectivity index (χ1) is 13.1. The zero-order valence-electron chi connectivity index (χ0n) is 14.8. The monoisotopic (exact) mass is 389 g/mol. The Morgan fingerprint density at radius 1 is 1.26 bits per heavy atom. The molecule has 0 spiro atoms. The molecule has 0 saturated carbocycles. The van der Waals surface area contributed by atoms with Crippen LogP contribution in [0.1, 0.15) is 5.76 Å². The van der Waals surface area contributed by atoms with E-state index in [0.29, 0.717) is 40.3 Å². The average Bonchev–Trinajstić information content (AvgIpc) is 3.34. The summed E-state index contributed by atoms with van der Waals surface area (Å²) in [5, 5.41) is 11.3. The van der Waals surface area contributed by atoms with Crippen molar-refractivity contribution in [3.8, 4) is 22.9 Å². The molecule has 0 unspecified atom stereocenters. The lowest BCUT2D eigenvalue weighted by atomic mass is 10.2. The highest BCUT2D eigenvalue weighted by Gasteiger charge is 2.15. The number of ether oxygens (including phenoxy) is 2. The number of carbonyl (C=O) groups excluding carboxylic acids is 1. The van der Waals surface area contributed by atoms with Gasteiger partial charge in [-0.2, -0.15) is 0 Å². The molecule has 0 aliphatic rings. The second-order valence-corrected chi connectivity index (χ2v) is 6.36. The van der Waals surface area contributed by atoms with E-state index in [2.05, 4.69) is 15.5 Å². The fourth-order valence-electron chi connectivity index (χ4n) is 2.29. The summed E-state index contributed by atoms with van der Waals surface area (Å²) < 4.78 is 17.0. The average molecular weight is 389 g/mol. The summed E-state index contributed by atoms with van der Waals surface area (Å²) in [7, 11) is 3.13. The van der Waals surface area contributed by atoms with E-state index in [-0.39, 0.29) is 11.7 Å². The van der Waals surface area contributed by atoms with Gasteiger partial charge in [0.2, 0.25) is 11.1 Å². The third-order valence-corrected chi connectivity index (χ3v) is 4.59. The molecule has 1 aromatic carbocycles. The summed E-state index contributed by atoms with van der Waals surface area (Å²) in [5.74, 6) is 8.43. The third-order valence-electron chi connectivity index (χ3n) is 3.65. The van der Waals surface area contributed by atoms with E-state index in [4.69, 9.17) is 19.7 Å². The minimum absolute atomic E-state index is 0.150. The Kier molecular flexibility index (Phi) is 5.87. The van der Waals surface area contributed by atoms with Crippen LogP contribution in [0.4, 0.5) is 0 Å². The van der Waals surface area contributed by atoms with Crippen LogP contribution in [0.5, 0.6) is 11.5 Å². The molecule has 3 rings (SSSR count). The number of nitrogens with zero attached hydrogens (tertiary/aromatic N) is 3. The van der Waals surface area contributed by atoms with Gasteiger partial charge in [-0.25, -0.2) is 4.68 Å². The smallest absolute Gasteiger partial charge is 0.230 e. The number of nitrogens with two attached hydrogens (primary N) is 1. The number of hydrogen-bond acceptors (Lipinski definition) is 8. The fourth-order valence-corrected chi connectivity index (χ4v) is 2.98. The SMILES string of the molecule is COc1cc(OC)cc(-c2nnc(SCC(=O)NCc3ccco3)n2N)c1. The number of nitrogen functional groups attached to an aromatic ring is 1.